The minimum absolute atomic E-state index is 0.237. The summed E-state index contributed by atoms with van der Waals surface area (Å²) in [7, 11) is 0. The Morgan fingerprint density at radius 2 is 1.79 bits per heavy atom. The van der Waals surface area contributed by atoms with E-state index in [-0.39, 0.29) is 23.3 Å². The van der Waals surface area contributed by atoms with Gasteiger partial charge in [-0.05, 0) is 35.7 Å². The zero-order chi connectivity index (χ0) is 19.5. The molecule has 0 aliphatic carbocycles. The molecule has 0 atom stereocenters. The number of rotatable bonds is 6. The monoisotopic (exact) mass is 401 g/mol. The van der Waals surface area contributed by atoms with Gasteiger partial charge in [0.1, 0.15) is 11.5 Å². The number of halogens is 1. The average molecular weight is 401 g/mol. The van der Waals surface area contributed by atoms with Crippen LogP contribution in [-0.2, 0) is 14.3 Å². The summed E-state index contributed by atoms with van der Waals surface area (Å²) in [6.07, 6.45) is 0. The lowest BCUT2D eigenvalue weighted by molar-refractivity contribution is -0.137. The molecule has 2 aliphatic rings. The van der Waals surface area contributed by atoms with Crippen LogP contribution in [0.15, 0.2) is 47.5 Å². The fourth-order valence-corrected chi connectivity index (χ4v) is 4.06. The van der Waals surface area contributed by atoms with Gasteiger partial charge in [-0.2, -0.15) is 0 Å². The van der Waals surface area contributed by atoms with Crippen LogP contribution in [0.5, 0.6) is 0 Å². The summed E-state index contributed by atoms with van der Waals surface area (Å²) in [4.78, 5) is 30.3. The molecule has 4 rings (SSSR count). The van der Waals surface area contributed by atoms with Crippen LogP contribution < -0.4 is 5.32 Å². The van der Waals surface area contributed by atoms with Crippen molar-refractivity contribution in [2.45, 2.75) is 0 Å². The fourth-order valence-electron chi connectivity index (χ4n) is 3.29. The van der Waals surface area contributed by atoms with Crippen molar-refractivity contribution in [2.75, 3.05) is 44.7 Å². The molecular formula is C20H20FN3O3S. The number of hydrogen-bond donors (Lipinski definition) is 1. The van der Waals surface area contributed by atoms with Crippen LogP contribution in [0, 0.1) is 5.82 Å². The first-order chi connectivity index (χ1) is 13.6. The number of anilines is 1. The van der Waals surface area contributed by atoms with Gasteiger partial charge >= 0.3 is 0 Å². The van der Waals surface area contributed by atoms with Gasteiger partial charge in [0.25, 0.3) is 11.8 Å². The van der Waals surface area contributed by atoms with Gasteiger partial charge in [-0.15, -0.1) is 11.3 Å². The Morgan fingerprint density at radius 1 is 1.04 bits per heavy atom. The van der Waals surface area contributed by atoms with E-state index in [2.05, 4.69) is 10.2 Å². The molecule has 1 saturated heterocycles. The number of nitrogens with one attached hydrogen (secondary N) is 1. The SMILES string of the molecule is O=C1C(Nc2ccc(F)cc2)=C(c2cccs2)C(=O)N1CCN1CCOCC1. The molecule has 28 heavy (non-hydrogen) atoms. The fraction of sp³-hybridized carbons (Fsp3) is 0.300. The average Bonchev–Trinajstić information content (AvgIpc) is 3.31. The normalized spacial score (nSPS) is 18.2. The standard InChI is InChI=1S/C20H20FN3O3S/c21-14-3-5-15(6-4-14)22-18-17(16-2-1-13-28-16)19(25)24(20(18)26)8-7-23-9-11-27-12-10-23/h1-6,13,22H,7-12H2. The van der Waals surface area contributed by atoms with E-state index in [1.165, 1.54) is 28.4 Å². The first-order valence-electron chi connectivity index (χ1n) is 9.10. The van der Waals surface area contributed by atoms with Gasteiger partial charge in [-0.25, -0.2) is 4.39 Å². The smallest absolute Gasteiger partial charge is 0.278 e. The van der Waals surface area contributed by atoms with E-state index in [4.69, 9.17) is 4.74 Å². The maximum atomic E-state index is 13.2. The quantitative estimate of drug-likeness (QED) is 0.754. The molecule has 2 aromatic rings. The van der Waals surface area contributed by atoms with Gasteiger partial charge in [-0.3, -0.25) is 19.4 Å². The molecule has 6 nitrogen and oxygen atoms in total. The van der Waals surface area contributed by atoms with Gasteiger partial charge in [-0.1, -0.05) is 6.07 Å². The summed E-state index contributed by atoms with van der Waals surface area (Å²) in [5, 5.41) is 4.90. The van der Waals surface area contributed by atoms with Gasteiger partial charge in [0.05, 0.1) is 18.8 Å². The number of imide groups is 1. The van der Waals surface area contributed by atoms with Crippen LogP contribution in [0.2, 0.25) is 0 Å². The zero-order valence-electron chi connectivity index (χ0n) is 15.2. The molecule has 1 fully saturated rings. The van der Waals surface area contributed by atoms with E-state index in [0.29, 0.717) is 37.6 Å². The lowest BCUT2D eigenvalue weighted by Crippen LogP contribution is -2.43. The van der Waals surface area contributed by atoms with Crippen LogP contribution in [0.25, 0.3) is 5.57 Å². The molecule has 1 aromatic heterocycles. The van der Waals surface area contributed by atoms with Crippen molar-refractivity contribution in [3.05, 3.63) is 58.2 Å². The summed E-state index contributed by atoms with van der Waals surface area (Å²) in [5.74, 6) is -1.02. The van der Waals surface area contributed by atoms with Crippen molar-refractivity contribution in [2.24, 2.45) is 0 Å². The third kappa shape index (κ3) is 3.84. The van der Waals surface area contributed by atoms with E-state index in [9.17, 15) is 14.0 Å². The van der Waals surface area contributed by atoms with Crippen molar-refractivity contribution in [1.29, 1.82) is 0 Å². The number of thiophene rings is 1. The van der Waals surface area contributed by atoms with Gasteiger partial charge in [0, 0.05) is 36.7 Å². The highest BCUT2D eigenvalue weighted by atomic mass is 32.1. The number of carbonyl (C=O) groups is 2. The molecule has 0 spiro atoms. The minimum atomic E-state index is -0.362. The number of carbonyl (C=O) groups excluding carboxylic acids is 2. The summed E-state index contributed by atoms with van der Waals surface area (Å²) >= 11 is 1.41. The van der Waals surface area contributed by atoms with Crippen molar-refractivity contribution in [3.8, 4) is 0 Å². The van der Waals surface area contributed by atoms with Crippen LogP contribution >= 0.6 is 11.3 Å². The summed E-state index contributed by atoms with van der Waals surface area (Å²) in [5.41, 5.74) is 1.16. The Kier molecular flexibility index (Phi) is 5.52. The highest BCUT2D eigenvalue weighted by molar-refractivity contribution is 7.11. The first kappa shape index (κ1) is 18.8. The molecule has 0 saturated carbocycles. The largest absolute Gasteiger partial charge is 0.379 e. The number of ether oxygens (including phenoxy) is 1. The second-order valence-corrected chi connectivity index (χ2v) is 7.52. The minimum Gasteiger partial charge on any atom is -0.379 e. The number of nitrogens with zero attached hydrogens (tertiary/aromatic N) is 2. The van der Waals surface area contributed by atoms with Gasteiger partial charge < -0.3 is 10.1 Å². The lowest BCUT2D eigenvalue weighted by Gasteiger charge is -2.28. The molecule has 3 heterocycles. The van der Waals surface area contributed by atoms with E-state index >= 15 is 0 Å². The molecule has 146 valence electrons. The maximum Gasteiger partial charge on any atom is 0.278 e. The van der Waals surface area contributed by atoms with Crippen LogP contribution in [0.1, 0.15) is 4.88 Å². The second kappa shape index (κ2) is 8.22. The molecule has 0 radical (unpaired) electrons. The molecule has 2 aliphatic heterocycles. The van der Waals surface area contributed by atoms with Crippen molar-refractivity contribution >= 4 is 34.4 Å². The predicted molar refractivity (Wildman–Crippen MR) is 105 cm³/mol. The Morgan fingerprint density at radius 3 is 2.46 bits per heavy atom. The van der Waals surface area contributed by atoms with Crippen molar-refractivity contribution < 1.29 is 18.7 Å². The van der Waals surface area contributed by atoms with Gasteiger partial charge in [0.15, 0.2) is 0 Å². The lowest BCUT2D eigenvalue weighted by atomic mass is 10.2. The number of benzene rings is 1. The first-order valence-corrected chi connectivity index (χ1v) is 9.98. The van der Waals surface area contributed by atoms with Crippen molar-refractivity contribution in [1.82, 2.24) is 9.80 Å². The molecule has 0 unspecified atom stereocenters. The molecular weight excluding hydrogens is 381 g/mol. The van der Waals surface area contributed by atoms with E-state index in [0.717, 1.165) is 18.0 Å². The topological polar surface area (TPSA) is 61.9 Å². The molecule has 0 bridgehead atoms. The third-order valence-corrected chi connectivity index (χ3v) is 5.68. The molecule has 2 amide bonds. The van der Waals surface area contributed by atoms with Gasteiger partial charge in [0.2, 0.25) is 0 Å². The third-order valence-electron chi connectivity index (χ3n) is 4.79. The van der Waals surface area contributed by atoms with E-state index < -0.39 is 0 Å². The van der Waals surface area contributed by atoms with Crippen molar-refractivity contribution in [3.63, 3.8) is 0 Å². The Hall–Kier alpha value is -2.55. The number of amides is 2. The zero-order valence-corrected chi connectivity index (χ0v) is 16.0. The molecule has 8 heteroatoms. The number of morpholine rings is 1. The van der Waals surface area contributed by atoms with Crippen LogP contribution in [0.3, 0.4) is 0 Å². The number of hydrogen-bond acceptors (Lipinski definition) is 6. The predicted octanol–water partition coefficient (Wildman–Crippen LogP) is 2.41. The molecule has 1 aromatic carbocycles. The van der Waals surface area contributed by atoms with E-state index in [1.807, 2.05) is 17.5 Å². The summed E-state index contributed by atoms with van der Waals surface area (Å²) in [6.45, 7) is 3.85. The van der Waals surface area contributed by atoms with E-state index in [1.54, 1.807) is 12.1 Å². The maximum absolute atomic E-state index is 13.2. The highest BCUT2D eigenvalue weighted by Gasteiger charge is 2.39. The Bertz CT molecular complexity index is 890. The van der Waals surface area contributed by atoms with Crippen LogP contribution in [0.4, 0.5) is 10.1 Å². The van der Waals surface area contributed by atoms with Crippen LogP contribution in [-0.4, -0.2) is 61.0 Å². The second-order valence-electron chi connectivity index (χ2n) is 6.58. The Labute approximate surface area is 166 Å². The summed E-state index contributed by atoms with van der Waals surface area (Å²) < 4.78 is 18.5. The highest BCUT2D eigenvalue weighted by Crippen LogP contribution is 2.32. The Balaban J connectivity index is 1.57. The summed E-state index contributed by atoms with van der Waals surface area (Å²) in [6, 6.07) is 9.38. The molecule has 1 N–H and O–H groups in total.